The first kappa shape index (κ1) is 23.2. The van der Waals surface area contributed by atoms with Crippen LogP contribution < -0.4 is 20.7 Å². The topological polar surface area (TPSA) is 91.9 Å². The number of ether oxygens (including phenoxy) is 2. The molecule has 3 aliphatic heterocycles. The van der Waals surface area contributed by atoms with Crippen molar-refractivity contribution in [3.63, 3.8) is 0 Å². The van der Waals surface area contributed by atoms with Crippen LogP contribution in [0, 0.1) is 0 Å². The van der Waals surface area contributed by atoms with E-state index >= 15 is 0 Å². The number of urea groups is 1. The fourth-order valence-corrected chi connectivity index (χ4v) is 6.29. The lowest BCUT2D eigenvalue weighted by Crippen LogP contribution is -2.43. The zero-order chi connectivity index (χ0) is 22.3. The molecule has 1 aromatic carbocycles. The normalized spacial score (nSPS) is 26.2. The molecule has 3 saturated heterocycles. The Morgan fingerprint density at radius 2 is 2.03 bits per heavy atom. The summed E-state index contributed by atoms with van der Waals surface area (Å²) in [5.41, 5.74) is 1.17. The summed E-state index contributed by atoms with van der Waals surface area (Å²) in [5, 5.41) is 9.61. The molecule has 32 heavy (non-hydrogen) atoms. The van der Waals surface area contributed by atoms with Gasteiger partial charge in [0.05, 0.1) is 38.4 Å². The van der Waals surface area contributed by atoms with Crippen LogP contribution in [0.3, 0.4) is 0 Å². The quantitative estimate of drug-likeness (QED) is 0.363. The van der Waals surface area contributed by atoms with E-state index in [1.54, 1.807) is 7.11 Å². The molecule has 3 amide bonds. The maximum absolute atomic E-state index is 12.5. The van der Waals surface area contributed by atoms with Crippen molar-refractivity contribution in [2.45, 2.75) is 49.1 Å². The van der Waals surface area contributed by atoms with Crippen LogP contribution in [0.15, 0.2) is 24.3 Å². The molecule has 3 fully saturated rings. The van der Waals surface area contributed by atoms with Gasteiger partial charge in [0.15, 0.2) is 0 Å². The van der Waals surface area contributed by atoms with Crippen molar-refractivity contribution in [3.8, 4) is 5.75 Å². The molecule has 0 radical (unpaired) electrons. The smallest absolute Gasteiger partial charge is 0.315 e. The van der Waals surface area contributed by atoms with Gasteiger partial charge < -0.3 is 25.4 Å². The summed E-state index contributed by atoms with van der Waals surface area (Å²) < 4.78 is 10.8. The number of hydrogen-bond donors (Lipinski definition) is 3. The van der Waals surface area contributed by atoms with E-state index in [0.717, 1.165) is 57.1 Å². The fraction of sp³-hybridized carbons (Fsp3) is 0.652. The van der Waals surface area contributed by atoms with Crippen molar-refractivity contribution < 1.29 is 19.1 Å². The second kappa shape index (κ2) is 11.2. The Labute approximate surface area is 194 Å². The average molecular weight is 463 g/mol. The number of nitrogens with zero attached hydrogens (tertiary/aromatic N) is 1. The summed E-state index contributed by atoms with van der Waals surface area (Å²) in [4.78, 5) is 26.4. The molecule has 1 unspecified atom stereocenters. The minimum atomic E-state index is -0.0450. The third kappa shape index (κ3) is 5.88. The van der Waals surface area contributed by atoms with Crippen LogP contribution in [-0.4, -0.2) is 79.9 Å². The monoisotopic (exact) mass is 462 g/mol. The van der Waals surface area contributed by atoms with Crippen LogP contribution in [0.5, 0.6) is 5.75 Å². The number of unbranched alkanes of at least 4 members (excludes halogenated alkanes) is 1. The number of morpholine rings is 1. The molecule has 3 N–H and O–H groups in total. The highest BCUT2D eigenvalue weighted by atomic mass is 32.2. The van der Waals surface area contributed by atoms with Crippen molar-refractivity contribution >= 4 is 23.7 Å². The van der Waals surface area contributed by atoms with Gasteiger partial charge in [-0.2, -0.15) is 11.8 Å². The second-order valence-corrected chi connectivity index (χ2v) is 9.88. The SMILES string of the molecule is COc1ccc(C(CNC(=O)CCCC[C@@H]2SC[C@@H]3NC(=O)N[C@@H]32)N2CCOCC2)cc1. The van der Waals surface area contributed by atoms with Gasteiger partial charge in [-0.25, -0.2) is 4.79 Å². The zero-order valence-electron chi connectivity index (χ0n) is 18.7. The fourth-order valence-electron chi connectivity index (χ4n) is 4.75. The molecule has 4 atom stereocenters. The highest BCUT2D eigenvalue weighted by molar-refractivity contribution is 8.00. The minimum Gasteiger partial charge on any atom is -0.497 e. The minimum absolute atomic E-state index is 0.0450. The van der Waals surface area contributed by atoms with Crippen LogP contribution in [-0.2, 0) is 9.53 Å². The van der Waals surface area contributed by atoms with E-state index in [4.69, 9.17) is 9.47 Å². The van der Waals surface area contributed by atoms with Crippen LogP contribution in [0.2, 0.25) is 0 Å². The maximum atomic E-state index is 12.5. The van der Waals surface area contributed by atoms with Crippen LogP contribution in [0.1, 0.15) is 37.3 Å². The lowest BCUT2D eigenvalue weighted by molar-refractivity contribution is -0.121. The van der Waals surface area contributed by atoms with Gasteiger partial charge in [-0.1, -0.05) is 18.6 Å². The lowest BCUT2D eigenvalue weighted by atomic mass is 10.0. The van der Waals surface area contributed by atoms with E-state index in [0.29, 0.717) is 18.2 Å². The third-order valence-electron chi connectivity index (χ3n) is 6.56. The van der Waals surface area contributed by atoms with E-state index in [9.17, 15) is 9.59 Å². The van der Waals surface area contributed by atoms with E-state index in [1.165, 1.54) is 5.56 Å². The maximum Gasteiger partial charge on any atom is 0.315 e. The number of hydrogen-bond acceptors (Lipinski definition) is 6. The van der Waals surface area contributed by atoms with Gasteiger partial charge in [-0.05, 0) is 30.5 Å². The Hall–Kier alpha value is -1.97. The molecule has 3 heterocycles. The first-order valence-corrected chi connectivity index (χ1v) is 12.6. The summed E-state index contributed by atoms with van der Waals surface area (Å²) >= 11 is 1.92. The summed E-state index contributed by atoms with van der Waals surface area (Å²) in [6.45, 7) is 3.75. The van der Waals surface area contributed by atoms with Gasteiger partial charge >= 0.3 is 6.03 Å². The van der Waals surface area contributed by atoms with Crippen LogP contribution >= 0.6 is 11.8 Å². The number of carbonyl (C=O) groups excluding carboxylic acids is 2. The van der Waals surface area contributed by atoms with Crippen molar-refractivity contribution in [2.75, 3.05) is 45.7 Å². The van der Waals surface area contributed by atoms with Crippen molar-refractivity contribution in [3.05, 3.63) is 29.8 Å². The Morgan fingerprint density at radius 3 is 2.78 bits per heavy atom. The van der Waals surface area contributed by atoms with E-state index in [-0.39, 0.29) is 30.1 Å². The Balaban J connectivity index is 1.21. The molecule has 4 rings (SSSR count). The molecule has 0 saturated carbocycles. The Morgan fingerprint density at radius 1 is 1.25 bits per heavy atom. The van der Waals surface area contributed by atoms with E-state index in [1.807, 2.05) is 23.9 Å². The Kier molecular flexibility index (Phi) is 8.15. The predicted molar refractivity (Wildman–Crippen MR) is 125 cm³/mol. The van der Waals surface area contributed by atoms with E-state index in [2.05, 4.69) is 33.0 Å². The number of methoxy groups -OCH3 is 1. The van der Waals surface area contributed by atoms with Gasteiger partial charge in [-0.15, -0.1) is 0 Å². The number of rotatable bonds is 10. The van der Waals surface area contributed by atoms with Gasteiger partial charge in [0.25, 0.3) is 0 Å². The standard InChI is InChI=1S/C23H34N4O4S/c1-30-17-8-6-16(7-9-17)19(27-10-12-31-13-11-27)14-24-21(28)5-3-2-4-20-22-18(15-32-20)25-23(29)26-22/h6-9,18-20,22H,2-5,10-15H2,1H3,(H,24,28)(H2,25,26,29)/t18-,19?,20-,22-/m0/s1. The Bertz CT molecular complexity index is 772. The van der Waals surface area contributed by atoms with Crippen LogP contribution in [0.25, 0.3) is 0 Å². The predicted octanol–water partition coefficient (Wildman–Crippen LogP) is 1.91. The summed E-state index contributed by atoms with van der Waals surface area (Å²) in [5.74, 6) is 1.91. The molecule has 8 nitrogen and oxygen atoms in total. The third-order valence-corrected chi connectivity index (χ3v) is 8.07. The van der Waals surface area contributed by atoms with Gasteiger partial charge in [0.1, 0.15) is 5.75 Å². The second-order valence-electron chi connectivity index (χ2n) is 8.61. The molecule has 1 aromatic rings. The molecule has 0 aliphatic carbocycles. The summed E-state index contributed by atoms with van der Waals surface area (Å²) in [6, 6.07) is 8.67. The molecule has 176 valence electrons. The molecule has 3 aliphatic rings. The highest BCUT2D eigenvalue weighted by Gasteiger charge is 2.42. The molecule has 0 spiro atoms. The number of benzene rings is 1. The highest BCUT2D eigenvalue weighted by Crippen LogP contribution is 2.33. The lowest BCUT2D eigenvalue weighted by Gasteiger charge is -2.35. The van der Waals surface area contributed by atoms with Crippen molar-refractivity contribution in [2.24, 2.45) is 0 Å². The molecular formula is C23H34N4O4S. The molecule has 0 bridgehead atoms. The number of fused-ring (bicyclic) bond motifs is 1. The number of nitrogens with one attached hydrogen (secondary N) is 3. The first-order chi connectivity index (χ1) is 15.6. The molecule has 0 aromatic heterocycles. The average Bonchev–Trinajstić information content (AvgIpc) is 3.37. The van der Waals surface area contributed by atoms with Gasteiger partial charge in [0, 0.05) is 37.1 Å². The van der Waals surface area contributed by atoms with Crippen molar-refractivity contribution in [1.29, 1.82) is 0 Å². The molecule has 9 heteroatoms. The van der Waals surface area contributed by atoms with Crippen LogP contribution in [0.4, 0.5) is 4.79 Å². The van der Waals surface area contributed by atoms with E-state index < -0.39 is 0 Å². The molecular weight excluding hydrogens is 428 g/mol. The zero-order valence-corrected chi connectivity index (χ0v) is 19.5. The summed E-state index contributed by atoms with van der Waals surface area (Å²) in [6.07, 6.45) is 3.43. The largest absolute Gasteiger partial charge is 0.497 e. The number of amides is 3. The number of thioether (sulfide) groups is 1. The van der Waals surface area contributed by atoms with Gasteiger partial charge in [-0.3, -0.25) is 9.69 Å². The first-order valence-electron chi connectivity index (χ1n) is 11.5. The number of carbonyl (C=O) groups is 2. The summed E-state index contributed by atoms with van der Waals surface area (Å²) in [7, 11) is 1.67. The van der Waals surface area contributed by atoms with Crippen molar-refractivity contribution in [1.82, 2.24) is 20.9 Å². The van der Waals surface area contributed by atoms with Gasteiger partial charge in [0.2, 0.25) is 5.91 Å².